The molecule has 0 fully saturated rings. The number of nitrogens with zero attached hydrogens (tertiary/aromatic N) is 1. The lowest BCUT2D eigenvalue weighted by molar-refractivity contribution is -0.229. The quantitative estimate of drug-likeness (QED) is 0.214. The van der Waals surface area contributed by atoms with Gasteiger partial charge in [0, 0.05) is 19.6 Å². The minimum atomic E-state index is -1.38. The van der Waals surface area contributed by atoms with E-state index in [4.69, 9.17) is 20.4 Å². The molecular weight excluding hydrogens is 228 g/mol. The maximum Gasteiger partial charge on any atom is 0.422 e. The van der Waals surface area contributed by atoms with Gasteiger partial charge in [0.15, 0.2) is 5.79 Å². The summed E-state index contributed by atoms with van der Waals surface area (Å²) in [5.41, 5.74) is 0. The fraction of sp³-hybridized carbons (Fsp3) is 0.800. The van der Waals surface area contributed by atoms with Gasteiger partial charge in [-0.05, 0) is 20.8 Å². The summed E-state index contributed by atoms with van der Waals surface area (Å²) in [5.74, 6) is 4.24. The fourth-order valence-electron chi connectivity index (χ4n) is 1.50. The van der Waals surface area contributed by atoms with Crippen molar-refractivity contribution >= 4 is 12.4 Å². The van der Waals surface area contributed by atoms with Crippen LogP contribution in [0.15, 0.2) is 0 Å². The Bertz CT molecular complexity index is 253. The molecule has 0 aromatic heterocycles. The molecule has 0 aliphatic rings. The molecule has 0 saturated heterocycles. The molecule has 100 valence electrons. The van der Waals surface area contributed by atoms with E-state index in [0.29, 0.717) is 24.5 Å². The van der Waals surface area contributed by atoms with Crippen LogP contribution in [0, 0.1) is 0 Å². The maximum absolute atomic E-state index is 10.8. The van der Waals surface area contributed by atoms with Crippen LogP contribution in [0.1, 0.15) is 27.2 Å². The third-order valence-electron chi connectivity index (χ3n) is 2.21. The summed E-state index contributed by atoms with van der Waals surface area (Å²) >= 11 is 0. The summed E-state index contributed by atoms with van der Waals surface area (Å²) in [7, 11) is 0. The SMILES string of the molecule is CCOC(C)(CC(C=O)N(N)C(=O)O)OCC. The molecule has 7 heteroatoms. The molecule has 0 aromatic carbocycles. The van der Waals surface area contributed by atoms with Gasteiger partial charge in [0.1, 0.15) is 12.3 Å². The molecule has 0 radical (unpaired) electrons. The Hall–Kier alpha value is -1.18. The Balaban J connectivity index is 4.69. The number of amides is 1. The summed E-state index contributed by atoms with van der Waals surface area (Å²) in [6.45, 7) is 5.99. The van der Waals surface area contributed by atoms with E-state index >= 15 is 0 Å². The summed E-state index contributed by atoms with van der Waals surface area (Å²) in [4.78, 5) is 21.5. The van der Waals surface area contributed by atoms with Crippen LogP contribution in [0.3, 0.4) is 0 Å². The van der Waals surface area contributed by atoms with Gasteiger partial charge in [-0.3, -0.25) is 0 Å². The minimum Gasteiger partial charge on any atom is -0.464 e. The molecule has 0 rings (SSSR count). The molecule has 1 amide bonds. The number of carboxylic acid groups (broad SMARTS) is 1. The standard InChI is InChI=1S/C10H20N2O5/c1-4-16-10(3,17-5-2)6-8(7-13)12(11)9(14)15/h7-8H,4-6,11H2,1-3H3,(H,14,15). The lowest BCUT2D eigenvalue weighted by Gasteiger charge is -2.33. The Morgan fingerprint density at radius 2 is 1.94 bits per heavy atom. The van der Waals surface area contributed by atoms with Crippen molar-refractivity contribution in [2.24, 2.45) is 5.84 Å². The number of hydrazine groups is 1. The second kappa shape index (κ2) is 7.21. The highest BCUT2D eigenvalue weighted by molar-refractivity contribution is 5.71. The van der Waals surface area contributed by atoms with Crippen LogP contribution >= 0.6 is 0 Å². The monoisotopic (exact) mass is 248 g/mol. The van der Waals surface area contributed by atoms with E-state index in [1.807, 2.05) is 0 Å². The molecule has 17 heavy (non-hydrogen) atoms. The van der Waals surface area contributed by atoms with Crippen molar-refractivity contribution in [3.05, 3.63) is 0 Å². The van der Waals surface area contributed by atoms with E-state index < -0.39 is 17.9 Å². The molecule has 0 aliphatic heterocycles. The highest BCUT2D eigenvalue weighted by Gasteiger charge is 2.33. The average Bonchev–Trinajstić information content (AvgIpc) is 2.25. The van der Waals surface area contributed by atoms with Crippen molar-refractivity contribution in [3.63, 3.8) is 0 Å². The summed E-state index contributed by atoms with van der Waals surface area (Å²) < 4.78 is 10.8. The number of aldehydes is 1. The topological polar surface area (TPSA) is 102 Å². The predicted molar refractivity (Wildman–Crippen MR) is 60.2 cm³/mol. The van der Waals surface area contributed by atoms with Crippen LogP contribution in [0.4, 0.5) is 4.79 Å². The highest BCUT2D eigenvalue weighted by Crippen LogP contribution is 2.20. The normalized spacial score (nSPS) is 13.2. The van der Waals surface area contributed by atoms with Crippen LogP contribution in [0.2, 0.25) is 0 Å². The lowest BCUT2D eigenvalue weighted by Crippen LogP contribution is -2.50. The first-order valence-electron chi connectivity index (χ1n) is 5.40. The largest absolute Gasteiger partial charge is 0.464 e. The number of hydrogen-bond donors (Lipinski definition) is 2. The maximum atomic E-state index is 10.8. The third-order valence-corrected chi connectivity index (χ3v) is 2.21. The Kier molecular flexibility index (Phi) is 6.71. The van der Waals surface area contributed by atoms with Gasteiger partial charge in [0.2, 0.25) is 0 Å². The van der Waals surface area contributed by atoms with Gasteiger partial charge in [-0.1, -0.05) is 0 Å². The molecular formula is C10H20N2O5. The zero-order valence-corrected chi connectivity index (χ0v) is 10.4. The van der Waals surface area contributed by atoms with Crippen molar-refractivity contribution < 1.29 is 24.2 Å². The number of carbonyl (C=O) groups is 2. The molecule has 0 saturated carbocycles. The zero-order valence-electron chi connectivity index (χ0n) is 10.4. The van der Waals surface area contributed by atoms with Crippen LogP contribution in [-0.4, -0.2) is 47.5 Å². The number of rotatable bonds is 8. The summed E-state index contributed by atoms with van der Waals surface area (Å²) in [5, 5.41) is 9.15. The van der Waals surface area contributed by atoms with E-state index in [1.165, 1.54) is 0 Å². The fourth-order valence-corrected chi connectivity index (χ4v) is 1.50. The van der Waals surface area contributed by atoms with E-state index in [2.05, 4.69) is 0 Å². The second-order valence-corrected chi connectivity index (χ2v) is 3.60. The zero-order chi connectivity index (χ0) is 13.5. The van der Waals surface area contributed by atoms with Crippen molar-refractivity contribution in [1.82, 2.24) is 5.01 Å². The summed E-state index contributed by atoms with van der Waals surface area (Å²) in [6, 6.07) is -1.00. The van der Waals surface area contributed by atoms with Gasteiger partial charge in [-0.15, -0.1) is 0 Å². The first-order chi connectivity index (χ1) is 7.90. The average molecular weight is 248 g/mol. The molecule has 0 aromatic rings. The van der Waals surface area contributed by atoms with E-state index in [0.717, 1.165) is 0 Å². The van der Waals surface area contributed by atoms with Gasteiger partial charge < -0.3 is 19.4 Å². The number of ether oxygens (including phenoxy) is 2. The van der Waals surface area contributed by atoms with Crippen LogP contribution < -0.4 is 5.84 Å². The smallest absolute Gasteiger partial charge is 0.422 e. The Morgan fingerprint density at radius 3 is 2.24 bits per heavy atom. The molecule has 0 aliphatic carbocycles. The van der Waals surface area contributed by atoms with E-state index in [-0.39, 0.29) is 6.42 Å². The molecule has 1 unspecified atom stereocenters. The van der Waals surface area contributed by atoms with Crippen LogP contribution in [0.5, 0.6) is 0 Å². The van der Waals surface area contributed by atoms with Gasteiger partial charge in [0.25, 0.3) is 0 Å². The molecule has 0 bridgehead atoms. The second-order valence-electron chi connectivity index (χ2n) is 3.60. The molecule has 1 atom stereocenters. The van der Waals surface area contributed by atoms with Crippen LogP contribution in [-0.2, 0) is 14.3 Å². The van der Waals surface area contributed by atoms with Crippen LogP contribution in [0.25, 0.3) is 0 Å². The minimum absolute atomic E-state index is 0.0426. The van der Waals surface area contributed by atoms with Gasteiger partial charge in [-0.2, -0.15) is 0 Å². The van der Waals surface area contributed by atoms with Gasteiger partial charge in [-0.25, -0.2) is 15.6 Å². The van der Waals surface area contributed by atoms with E-state index in [1.54, 1.807) is 20.8 Å². The first-order valence-corrected chi connectivity index (χ1v) is 5.40. The highest BCUT2D eigenvalue weighted by atomic mass is 16.7. The predicted octanol–water partition coefficient (Wildman–Crippen LogP) is 0.587. The molecule has 7 nitrogen and oxygen atoms in total. The molecule has 0 heterocycles. The van der Waals surface area contributed by atoms with Crippen molar-refractivity contribution in [3.8, 4) is 0 Å². The number of hydrogen-bond acceptors (Lipinski definition) is 5. The van der Waals surface area contributed by atoms with Crippen molar-refractivity contribution in [2.45, 2.75) is 39.0 Å². The summed E-state index contributed by atoms with van der Waals surface area (Å²) in [6.07, 6.45) is -0.872. The first kappa shape index (κ1) is 15.8. The van der Waals surface area contributed by atoms with Crippen molar-refractivity contribution in [1.29, 1.82) is 0 Å². The van der Waals surface area contributed by atoms with Gasteiger partial charge >= 0.3 is 6.09 Å². The third kappa shape index (κ3) is 5.12. The Labute approximate surface area is 100 Å². The number of carbonyl (C=O) groups excluding carboxylic acids is 1. The molecule has 0 spiro atoms. The lowest BCUT2D eigenvalue weighted by atomic mass is 10.1. The van der Waals surface area contributed by atoms with E-state index in [9.17, 15) is 9.59 Å². The van der Waals surface area contributed by atoms with Crippen molar-refractivity contribution in [2.75, 3.05) is 13.2 Å². The van der Waals surface area contributed by atoms with Gasteiger partial charge in [0.05, 0.1) is 0 Å². The Morgan fingerprint density at radius 1 is 1.47 bits per heavy atom. The number of nitrogens with two attached hydrogens (primary N) is 1. The molecule has 3 N–H and O–H groups in total.